The molecule has 1 atom stereocenters. The molecular formula is C17H24N2O4. The number of anilines is 1. The Balaban J connectivity index is 1.87. The highest BCUT2D eigenvalue weighted by atomic mass is 16.6. The van der Waals surface area contributed by atoms with Gasteiger partial charge in [0.05, 0.1) is 0 Å². The lowest BCUT2D eigenvalue weighted by molar-refractivity contribution is -0.124. The Labute approximate surface area is 136 Å². The molecule has 6 heteroatoms. The first-order valence-electron chi connectivity index (χ1n) is 7.82. The van der Waals surface area contributed by atoms with Crippen LogP contribution >= 0.6 is 0 Å². The van der Waals surface area contributed by atoms with Crippen LogP contribution < -0.4 is 10.6 Å². The molecule has 0 unspecified atom stereocenters. The topological polar surface area (TPSA) is 76.7 Å². The molecule has 1 heterocycles. The van der Waals surface area contributed by atoms with E-state index in [-0.39, 0.29) is 12.0 Å². The van der Waals surface area contributed by atoms with Crippen LogP contribution in [0.4, 0.5) is 10.5 Å². The Bertz CT molecular complexity index is 560. The van der Waals surface area contributed by atoms with Gasteiger partial charge in [-0.05, 0) is 51.3 Å². The number of nitrogens with one attached hydrogen (secondary N) is 2. The van der Waals surface area contributed by atoms with Crippen molar-refractivity contribution in [2.75, 3.05) is 11.9 Å². The lowest BCUT2D eigenvalue weighted by Gasteiger charge is -2.19. The SMILES string of the molecule is CC(C)(C)OC(=O)NCc1cccc(NC(=O)[C@@H]2CCCO2)c1. The molecule has 0 bridgehead atoms. The van der Waals surface area contributed by atoms with Gasteiger partial charge in [0.25, 0.3) is 5.91 Å². The molecule has 1 aromatic rings. The summed E-state index contributed by atoms with van der Waals surface area (Å²) in [4.78, 5) is 23.7. The van der Waals surface area contributed by atoms with E-state index < -0.39 is 11.7 Å². The lowest BCUT2D eigenvalue weighted by Crippen LogP contribution is -2.32. The van der Waals surface area contributed by atoms with Gasteiger partial charge in [0.15, 0.2) is 0 Å². The maximum Gasteiger partial charge on any atom is 0.407 e. The number of hydrogen-bond acceptors (Lipinski definition) is 4. The zero-order valence-corrected chi connectivity index (χ0v) is 13.8. The molecule has 1 saturated heterocycles. The van der Waals surface area contributed by atoms with Crippen molar-refractivity contribution >= 4 is 17.7 Å². The third kappa shape index (κ3) is 5.90. The van der Waals surface area contributed by atoms with Gasteiger partial charge in [0, 0.05) is 18.8 Å². The molecule has 0 aliphatic carbocycles. The van der Waals surface area contributed by atoms with E-state index in [1.54, 1.807) is 0 Å². The average molecular weight is 320 g/mol. The van der Waals surface area contributed by atoms with Gasteiger partial charge in [-0.1, -0.05) is 12.1 Å². The monoisotopic (exact) mass is 320 g/mol. The second-order valence-electron chi connectivity index (χ2n) is 6.55. The van der Waals surface area contributed by atoms with Crippen LogP contribution in [0.2, 0.25) is 0 Å². The van der Waals surface area contributed by atoms with Crippen molar-refractivity contribution in [2.45, 2.75) is 51.9 Å². The van der Waals surface area contributed by atoms with Crippen LogP contribution in [0.15, 0.2) is 24.3 Å². The van der Waals surface area contributed by atoms with Crippen molar-refractivity contribution in [3.8, 4) is 0 Å². The summed E-state index contributed by atoms with van der Waals surface area (Å²) in [7, 11) is 0. The molecule has 1 fully saturated rings. The van der Waals surface area contributed by atoms with Gasteiger partial charge in [-0.3, -0.25) is 4.79 Å². The number of ether oxygens (including phenoxy) is 2. The molecule has 0 spiro atoms. The van der Waals surface area contributed by atoms with E-state index in [0.717, 1.165) is 18.4 Å². The minimum Gasteiger partial charge on any atom is -0.444 e. The standard InChI is InChI=1S/C17H24N2O4/c1-17(2,3)23-16(21)18-11-12-6-4-7-13(10-12)19-15(20)14-8-5-9-22-14/h4,6-7,10,14H,5,8-9,11H2,1-3H3,(H,18,21)(H,19,20)/t14-/m0/s1. The Morgan fingerprint density at radius 1 is 1.35 bits per heavy atom. The van der Waals surface area contributed by atoms with Crippen molar-refractivity contribution in [3.05, 3.63) is 29.8 Å². The van der Waals surface area contributed by atoms with Crippen molar-refractivity contribution in [3.63, 3.8) is 0 Å². The number of carbonyl (C=O) groups is 2. The van der Waals surface area contributed by atoms with Gasteiger partial charge in [-0.15, -0.1) is 0 Å². The maximum atomic E-state index is 12.0. The first kappa shape index (κ1) is 17.3. The molecule has 2 amide bonds. The van der Waals surface area contributed by atoms with E-state index in [2.05, 4.69) is 10.6 Å². The summed E-state index contributed by atoms with van der Waals surface area (Å²) in [5.74, 6) is -0.125. The number of hydrogen-bond donors (Lipinski definition) is 2. The summed E-state index contributed by atoms with van der Waals surface area (Å²) < 4.78 is 10.5. The molecule has 0 saturated carbocycles. The molecule has 6 nitrogen and oxygen atoms in total. The molecule has 2 N–H and O–H groups in total. The normalized spacial score (nSPS) is 17.6. The maximum absolute atomic E-state index is 12.0. The van der Waals surface area contributed by atoms with E-state index in [9.17, 15) is 9.59 Å². The van der Waals surface area contributed by atoms with Crippen LogP contribution in [0.1, 0.15) is 39.2 Å². The number of alkyl carbamates (subject to hydrolysis) is 1. The van der Waals surface area contributed by atoms with Crippen LogP contribution in [-0.2, 0) is 20.8 Å². The zero-order valence-electron chi connectivity index (χ0n) is 13.8. The zero-order chi connectivity index (χ0) is 16.9. The van der Waals surface area contributed by atoms with Gasteiger partial charge in [-0.2, -0.15) is 0 Å². The van der Waals surface area contributed by atoms with Crippen LogP contribution in [0.5, 0.6) is 0 Å². The smallest absolute Gasteiger partial charge is 0.407 e. The highest BCUT2D eigenvalue weighted by molar-refractivity contribution is 5.94. The fraction of sp³-hybridized carbons (Fsp3) is 0.529. The van der Waals surface area contributed by atoms with Crippen LogP contribution in [0, 0.1) is 0 Å². The summed E-state index contributed by atoms with van der Waals surface area (Å²) in [6.07, 6.45) is 0.841. The Hall–Kier alpha value is -2.08. The van der Waals surface area contributed by atoms with Crippen molar-refractivity contribution in [2.24, 2.45) is 0 Å². The van der Waals surface area contributed by atoms with E-state index in [1.165, 1.54) is 0 Å². The lowest BCUT2D eigenvalue weighted by atomic mass is 10.2. The molecule has 0 aromatic heterocycles. The molecule has 23 heavy (non-hydrogen) atoms. The largest absolute Gasteiger partial charge is 0.444 e. The predicted octanol–water partition coefficient (Wildman–Crippen LogP) is 2.83. The van der Waals surface area contributed by atoms with Gasteiger partial charge < -0.3 is 20.1 Å². The molecule has 1 aliphatic heterocycles. The number of rotatable bonds is 4. The molecule has 2 rings (SSSR count). The number of carbonyl (C=O) groups excluding carboxylic acids is 2. The van der Waals surface area contributed by atoms with E-state index >= 15 is 0 Å². The Morgan fingerprint density at radius 3 is 2.78 bits per heavy atom. The van der Waals surface area contributed by atoms with Crippen LogP contribution in [0.25, 0.3) is 0 Å². The minimum absolute atomic E-state index is 0.125. The summed E-state index contributed by atoms with van der Waals surface area (Å²) in [5.41, 5.74) is 1.04. The summed E-state index contributed by atoms with van der Waals surface area (Å²) in [5, 5.41) is 5.53. The van der Waals surface area contributed by atoms with Crippen molar-refractivity contribution in [1.29, 1.82) is 0 Å². The van der Waals surface area contributed by atoms with Gasteiger partial charge in [-0.25, -0.2) is 4.79 Å². The van der Waals surface area contributed by atoms with E-state index in [0.29, 0.717) is 18.8 Å². The summed E-state index contributed by atoms with van der Waals surface area (Å²) in [6, 6.07) is 7.34. The van der Waals surface area contributed by atoms with Gasteiger partial charge >= 0.3 is 6.09 Å². The van der Waals surface area contributed by atoms with Crippen molar-refractivity contribution in [1.82, 2.24) is 5.32 Å². The minimum atomic E-state index is -0.527. The number of amides is 2. The second-order valence-corrected chi connectivity index (χ2v) is 6.55. The van der Waals surface area contributed by atoms with Gasteiger partial charge in [0.1, 0.15) is 11.7 Å². The molecular weight excluding hydrogens is 296 g/mol. The molecule has 0 radical (unpaired) electrons. The molecule has 1 aliphatic rings. The first-order chi connectivity index (χ1) is 10.8. The van der Waals surface area contributed by atoms with E-state index in [1.807, 2.05) is 45.0 Å². The van der Waals surface area contributed by atoms with Crippen LogP contribution in [-0.4, -0.2) is 30.3 Å². The second kappa shape index (κ2) is 7.46. The number of benzene rings is 1. The van der Waals surface area contributed by atoms with Crippen LogP contribution in [0.3, 0.4) is 0 Å². The molecule has 126 valence electrons. The predicted molar refractivity (Wildman–Crippen MR) is 87.1 cm³/mol. The fourth-order valence-corrected chi connectivity index (χ4v) is 2.25. The Kier molecular flexibility index (Phi) is 5.60. The fourth-order valence-electron chi connectivity index (χ4n) is 2.25. The van der Waals surface area contributed by atoms with E-state index in [4.69, 9.17) is 9.47 Å². The third-order valence-corrected chi connectivity index (χ3v) is 3.25. The third-order valence-electron chi connectivity index (χ3n) is 3.25. The van der Waals surface area contributed by atoms with Gasteiger partial charge in [0.2, 0.25) is 0 Å². The summed E-state index contributed by atoms with van der Waals surface area (Å²) in [6.45, 7) is 6.41. The summed E-state index contributed by atoms with van der Waals surface area (Å²) >= 11 is 0. The average Bonchev–Trinajstić information content (AvgIpc) is 2.98. The first-order valence-corrected chi connectivity index (χ1v) is 7.82. The highest BCUT2D eigenvalue weighted by Crippen LogP contribution is 2.16. The quantitative estimate of drug-likeness (QED) is 0.894. The van der Waals surface area contributed by atoms with Crippen molar-refractivity contribution < 1.29 is 19.1 Å². The molecule has 1 aromatic carbocycles. The highest BCUT2D eigenvalue weighted by Gasteiger charge is 2.23. The Morgan fingerprint density at radius 2 is 2.13 bits per heavy atom.